The summed E-state index contributed by atoms with van der Waals surface area (Å²) in [4.78, 5) is 20.0. The predicted molar refractivity (Wildman–Crippen MR) is 97.6 cm³/mol. The summed E-state index contributed by atoms with van der Waals surface area (Å²) in [6.07, 6.45) is 0.632. The van der Waals surface area contributed by atoms with Crippen molar-refractivity contribution in [2.45, 2.75) is 19.9 Å². The smallest absolute Gasteiger partial charge is 0.223 e. The molecule has 3 atom stereocenters. The number of thiophene rings is 1. The van der Waals surface area contributed by atoms with E-state index in [4.69, 9.17) is 9.47 Å². The van der Waals surface area contributed by atoms with Crippen molar-refractivity contribution < 1.29 is 14.3 Å². The number of nitrogens with zero attached hydrogens (tertiary/aromatic N) is 2. The molecule has 25 heavy (non-hydrogen) atoms. The number of amides is 1. The van der Waals surface area contributed by atoms with Gasteiger partial charge in [-0.1, -0.05) is 0 Å². The van der Waals surface area contributed by atoms with Crippen LogP contribution in [0, 0.1) is 24.7 Å². The van der Waals surface area contributed by atoms with Gasteiger partial charge in [0.15, 0.2) is 0 Å². The molecule has 0 radical (unpaired) electrons. The fourth-order valence-electron chi connectivity index (χ4n) is 4.49. The Morgan fingerprint density at radius 3 is 2.80 bits per heavy atom. The Morgan fingerprint density at radius 1 is 1.20 bits per heavy atom. The van der Waals surface area contributed by atoms with Crippen LogP contribution in [0.5, 0.6) is 0 Å². The summed E-state index contributed by atoms with van der Waals surface area (Å²) in [5.41, 5.74) is 0. The molecule has 1 aromatic rings. The van der Waals surface area contributed by atoms with Gasteiger partial charge in [0, 0.05) is 48.9 Å². The van der Waals surface area contributed by atoms with Crippen molar-refractivity contribution in [2.24, 2.45) is 17.8 Å². The summed E-state index contributed by atoms with van der Waals surface area (Å²) < 4.78 is 11.2. The maximum atomic E-state index is 12.6. The Morgan fingerprint density at radius 2 is 2.04 bits per heavy atom. The first-order chi connectivity index (χ1) is 12.2. The highest BCUT2D eigenvalue weighted by Crippen LogP contribution is 2.37. The molecule has 0 N–H and O–H groups in total. The molecule has 4 heterocycles. The second-order valence-electron chi connectivity index (χ2n) is 7.63. The number of carbonyl (C=O) groups excluding carboxylic acids is 1. The maximum Gasteiger partial charge on any atom is 0.223 e. The van der Waals surface area contributed by atoms with E-state index in [0.29, 0.717) is 37.4 Å². The summed E-state index contributed by atoms with van der Waals surface area (Å²) in [6.45, 7) is 9.83. The van der Waals surface area contributed by atoms with E-state index in [9.17, 15) is 4.79 Å². The number of hydrogen-bond donors (Lipinski definition) is 0. The van der Waals surface area contributed by atoms with Crippen molar-refractivity contribution in [3.8, 4) is 0 Å². The fourth-order valence-corrected chi connectivity index (χ4v) is 5.42. The molecule has 0 spiro atoms. The van der Waals surface area contributed by atoms with Crippen molar-refractivity contribution >= 4 is 17.2 Å². The first-order valence-electron chi connectivity index (χ1n) is 9.40. The second kappa shape index (κ2) is 7.74. The van der Waals surface area contributed by atoms with Gasteiger partial charge in [-0.2, -0.15) is 0 Å². The molecule has 0 saturated carbocycles. The van der Waals surface area contributed by atoms with Crippen LogP contribution in [-0.4, -0.2) is 68.3 Å². The standard InChI is InChI=1S/C19H28N2O3S/c1-14-2-3-17(25-14)10-20-9-16-13-24-12-15(18(16)11-20)8-19(22)21-4-6-23-7-5-21/h2-3,15-16,18H,4-13H2,1H3/t15-,16-,18+/m1/s1. The average Bonchev–Trinajstić information content (AvgIpc) is 3.22. The Bertz CT molecular complexity index is 599. The SMILES string of the molecule is Cc1ccc(CN2C[C@@H]3COC[C@@H](CC(=O)N4CCOCC4)[C@@H]3C2)s1. The molecule has 5 nitrogen and oxygen atoms in total. The number of hydrogen-bond acceptors (Lipinski definition) is 5. The molecule has 6 heteroatoms. The minimum Gasteiger partial charge on any atom is -0.381 e. The molecular weight excluding hydrogens is 336 g/mol. The number of likely N-dealkylation sites (tertiary alicyclic amines) is 1. The highest BCUT2D eigenvalue weighted by atomic mass is 32.1. The van der Waals surface area contributed by atoms with E-state index in [1.165, 1.54) is 9.75 Å². The normalized spacial score (nSPS) is 30.4. The zero-order valence-electron chi connectivity index (χ0n) is 15.0. The van der Waals surface area contributed by atoms with Gasteiger partial charge in [-0.05, 0) is 36.8 Å². The molecule has 0 aromatic carbocycles. The van der Waals surface area contributed by atoms with Crippen molar-refractivity contribution in [3.05, 3.63) is 21.9 Å². The topological polar surface area (TPSA) is 42.0 Å². The Kier molecular flexibility index (Phi) is 5.41. The van der Waals surface area contributed by atoms with Crippen molar-refractivity contribution in [1.82, 2.24) is 9.80 Å². The zero-order chi connectivity index (χ0) is 17.2. The molecular formula is C19H28N2O3S. The molecule has 3 aliphatic heterocycles. The van der Waals surface area contributed by atoms with Crippen LogP contribution in [0.1, 0.15) is 16.2 Å². The average molecular weight is 365 g/mol. The minimum atomic E-state index is 0.282. The summed E-state index contributed by atoms with van der Waals surface area (Å²) >= 11 is 1.89. The lowest BCUT2D eigenvalue weighted by molar-refractivity contribution is -0.138. The van der Waals surface area contributed by atoms with Gasteiger partial charge >= 0.3 is 0 Å². The van der Waals surface area contributed by atoms with E-state index in [2.05, 4.69) is 24.0 Å². The van der Waals surface area contributed by atoms with Gasteiger partial charge in [-0.3, -0.25) is 9.69 Å². The number of carbonyl (C=O) groups is 1. The summed E-state index contributed by atoms with van der Waals surface area (Å²) in [6, 6.07) is 4.45. The molecule has 3 aliphatic rings. The Hall–Kier alpha value is -0.950. The second-order valence-corrected chi connectivity index (χ2v) is 9.00. The van der Waals surface area contributed by atoms with Crippen molar-refractivity contribution in [2.75, 3.05) is 52.6 Å². The number of ether oxygens (including phenoxy) is 2. The molecule has 3 saturated heterocycles. The molecule has 0 bridgehead atoms. The van der Waals surface area contributed by atoms with Crippen LogP contribution in [-0.2, 0) is 20.8 Å². The van der Waals surface area contributed by atoms with Gasteiger partial charge in [0.25, 0.3) is 0 Å². The first-order valence-corrected chi connectivity index (χ1v) is 10.2. The lowest BCUT2D eigenvalue weighted by Gasteiger charge is -2.35. The van der Waals surface area contributed by atoms with Crippen LogP contribution in [0.25, 0.3) is 0 Å². The van der Waals surface area contributed by atoms with E-state index < -0.39 is 0 Å². The number of morpholine rings is 1. The van der Waals surface area contributed by atoms with Crippen molar-refractivity contribution in [1.29, 1.82) is 0 Å². The van der Waals surface area contributed by atoms with E-state index >= 15 is 0 Å². The molecule has 0 aliphatic carbocycles. The maximum absolute atomic E-state index is 12.6. The van der Waals surface area contributed by atoms with Crippen LogP contribution in [0.15, 0.2) is 12.1 Å². The van der Waals surface area contributed by atoms with Gasteiger partial charge in [0.1, 0.15) is 0 Å². The molecule has 1 amide bonds. The molecule has 4 rings (SSSR count). The van der Waals surface area contributed by atoms with E-state index in [1.807, 2.05) is 16.2 Å². The number of fused-ring (bicyclic) bond motifs is 1. The zero-order valence-corrected chi connectivity index (χ0v) is 15.8. The minimum absolute atomic E-state index is 0.282. The third-order valence-electron chi connectivity index (χ3n) is 5.81. The van der Waals surface area contributed by atoms with E-state index in [-0.39, 0.29) is 5.91 Å². The molecule has 0 unspecified atom stereocenters. The molecule has 1 aromatic heterocycles. The van der Waals surface area contributed by atoms with Gasteiger partial charge < -0.3 is 14.4 Å². The first kappa shape index (κ1) is 17.5. The van der Waals surface area contributed by atoms with Crippen LogP contribution < -0.4 is 0 Å². The lowest BCUT2D eigenvalue weighted by atomic mass is 9.81. The monoisotopic (exact) mass is 364 g/mol. The van der Waals surface area contributed by atoms with E-state index in [0.717, 1.165) is 45.9 Å². The highest BCUT2D eigenvalue weighted by molar-refractivity contribution is 7.11. The van der Waals surface area contributed by atoms with Gasteiger partial charge in [0.05, 0.1) is 26.4 Å². The fraction of sp³-hybridized carbons (Fsp3) is 0.737. The lowest BCUT2D eigenvalue weighted by Crippen LogP contribution is -2.44. The summed E-state index contributed by atoms with van der Waals surface area (Å²) in [5.74, 6) is 1.83. The van der Waals surface area contributed by atoms with Crippen LogP contribution >= 0.6 is 11.3 Å². The largest absolute Gasteiger partial charge is 0.381 e. The summed E-state index contributed by atoms with van der Waals surface area (Å²) in [7, 11) is 0. The quantitative estimate of drug-likeness (QED) is 0.820. The summed E-state index contributed by atoms with van der Waals surface area (Å²) in [5, 5.41) is 0. The van der Waals surface area contributed by atoms with Gasteiger partial charge in [-0.15, -0.1) is 11.3 Å². The predicted octanol–water partition coefficient (Wildman–Crippen LogP) is 2.00. The number of rotatable bonds is 4. The van der Waals surface area contributed by atoms with E-state index in [1.54, 1.807) is 0 Å². The van der Waals surface area contributed by atoms with Gasteiger partial charge in [0.2, 0.25) is 5.91 Å². The van der Waals surface area contributed by atoms with Crippen LogP contribution in [0.4, 0.5) is 0 Å². The highest BCUT2D eigenvalue weighted by Gasteiger charge is 2.42. The molecule has 138 valence electrons. The van der Waals surface area contributed by atoms with Crippen molar-refractivity contribution in [3.63, 3.8) is 0 Å². The Balaban J connectivity index is 1.35. The third kappa shape index (κ3) is 4.08. The molecule has 3 fully saturated rings. The number of aryl methyl sites for hydroxylation is 1. The third-order valence-corrected chi connectivity index (χ3v) is 6.80. The van der Waals surface area contributed by atoms with Crippen LogP contribution in [0.2, 0.25) is 0 Å². The van der Waals surface area contributed by atoms with Gasteiger partial charge in [-0.25, -0.2) is 0 Å². The van der Waals surface area contributed by atoms with Crippen LogP contribution in [0.3, 0.4) is 0 Å². The Labute approximate surface area is 153 Å².